The van der Waals surface area contributed by atoms with E-state index < -0.39 is 12.6 Å². The first kappa shape index (κ1) is 13.6. The predicted molar refractivity (Wildman–Crippen MR) is 61.8 cm³/mol. The summed E-state index contributed by atoms with van der Waals surface area (Å²) < 4.78 is 35.6. The highest BCUT2D eigenvalue weighted by Gasteiger charge is 2.25. The number of hydrogen-bond acceptors (Lipinski definition) is 3. The van der Waals surface area contributed by atoms with E-state index in [0.717, 1.165) is 0 Å². The summed E-state index contributed by atoms with van der Waals surface area (Å²) in [6, 6.07) is 3.44. The molecule has 17 heavy (non-hydrogen) atoms. The molecule has 0 fully saturated rings. The van der Waals surface area contributed by atoms with Crippen molar-refractivity contribution in [2.24, 2.45) is 0 Å². The molecule has 1 aromatic rings. The molecular weight excluding hydrogens is 231 g/mol. The van der Waals surface area contributed by atoms with E-state index >= 15 is 0 Å². The number of anilines is 2. The fourth-order valence-corrected chi connectivity index (χ4v) is 1.34. The Bertz CT molecular complexity index is 363. The standard InChI is InChI=1S/C11H16F3N3/c1-8-9(15)4-5-10(17-8)16-7-3-2-6-11(12,13)14/h4-5H,2-3,6-7,15H2,1H3,(H,16,17). The van der Waals surface area contributed by atoms with Gasteiger partial charge in [0.1, 0.15) is 5.82 Å². The van der Waals surface area contributed by atoms with E-state index in [2.05, 4.69) is 10.3 Å². The highest BCUT2D eigenvalue weighted by atomic mass is 19.4. The lowest BCUT2D eigenvalue weighted by Gasteiger charge is -2.08. The molecule has 0 bridgehead atoms. The SMILES string of the molecule is Cc1nc(NCCCCC(F)(F)F)ccc1N. The lowest BCUT2D eigenvalue weighted by atomic mass is 10.2. The summed E-state index contributed by atoms with van der Waals surface area (Å²) in [5, 5.41) is 2.96. The average molecular weight is 247 g/mol. The number of pyridine rings is 1. The van der Waals surface area contributed by atoms with Gasteiger partial charge in [-0.15, -0.1) is 0 Å². The van der Waals surface area contributed by atoms with Gasteiger partial charge in [0.05, 0.1) is 11.4 Å². The molecule has 3 N–H and O–H groups in total. The van der Waals surface area contributed by atoms with Crippen LogP contribution in [0.2, 0.25) is 0 Å². The first-order valence-corrected chi connectivity index (χ1v) is 5.42. The third-order valence-electron chi connectivity index (χ3n) is 2.32. The zero-order valence-corrected chi connectivity index (χ0v) is 9.64. The molecule has 96 valence electrons. The minimum atomic E-state index is -4.06. The molecule has 0 amide bonds. The number of alkyl halides is 3. The maximum atomic E-state index is 11.9. The van der Waals surface area contributed by atoms with Crippen LogP contribution in [-0.4, -0.2) is 17.7 Å². The maximum absolute atomic E-state index is 11.9. The van der Waals surface area contributed by atoms with Crippen LogP contribution in [0, 0.1) is 6.92 Å². The highest BCUT2D eigenvalue weighted by Crippen LogP contribution is 2.22. The molecule has 0 unspecified atom stereocenters. The van der Waals surface area contributed by atoms with Crippen molar-refractivity contribution in [1.29, 1.82) is 0 Å². The number of nitrogen functional groups attached to an aromatic ring is 1. The molecule has 0 aromatic carbocycles. The number of nitrogens with two attached hydrogens (primary N) is 1. The third kappa shape index (κ3) is 5.42. The van der Waals surface area contributed by atoms with E-state index in [9.17, 15) is 13.2 Å². The number of unbranched alkanes of at least 4 members (excludes halogenated alkanes) is 1. The van der Waals surface area contributed by atoms with Crippen LogP contribution in [0.3, 0.4) is 0 Å². The number of aryl methyl sites for hydroxylation is 1. The number of rotatable bonds is 5. The van der Waals surface area contributed by atoms with E-state index in [0.29, 0.717) is 30.2 Å². The summed E-state index contributed by atoms with van der Waals surface area (Å²) in [6.45, 7) is 2.26. The average Bonchev–Trinajstić information content (AvgIpc) is 2.21. The second-order valence-corrected chi connectivity index (χ2v) is 3.87. The van der Waals surface area contributed by atoms with Gasteiger partial charge < -0.3 is 11.1 Å². The lowest BCUT2D eigenvalue weighted by Crippen LogP contribution is -2.09. The summed E-state index contributed by atoms with van der Waals surface area (Å²) in [5.74, 6) is 0.642. The first-order valence-electron chi connectivity index (χ1n) is 5.42. The van der Waals surface area contributed by atoms with Crippen molar-refractivity contribution in [3.63, 3.8) is 0 Å². The number of nitrogens with zero attached hydrogens (tertiary/aromatic N) is 1. The van der Waals surface area contributed by atoms with Crippen molar-refractivity contribution < 1.29 is 13.2 Å². The molecule has 0 atom stereocenters. The van der Waals surface area contributed by atoms with Gasteiger partial charge in [-0.1, -0.05) is 0 Å². The molecule has 6 heteroatoms. The Labute approximate surface area is 98.2 Å². The Morgan fingerprint density at radius 1 is 1.29 bits per heavy atom. The molecule has 1 aromatic heterocycles. The Kier molecular flexibility index (Phi) is 4.60. The molecule has 0 saturated heterocycles. The smallest absolute Gasteiger partial charge is 0.389 e. The van der Waals surface area contributed by atoms with Gasteiger partial charge in [-0.25, -0.2) is 4.98 Å². The Balaban J connectivity index is 2.25. The van der Waals surface area contributed by atoms with Crippen LogP contribution >= 0.6 is 0 Å². The van der Waals surface area contributed by atoms with E-state index in [1.165, 1.54) is 0 Å². The summed E-state index contributed by atoms with van der Waals surface area (Å²) in [5.41, 5.74) is 6.92. The fraction of sp³-hybridized carbons (Fsp3) is 0.545. The van der Waals surface area contributed by atoms with E-state index in [1.54, 1.807) is 19.1 Å². The molecule has 0 aliphatic heterocycles. The monoisotopic (exact) mass is 247 g/mol. The summed E-state index contributed by atoms with van der Waals surface area (Å²) >= 11 is 0. The second-order valence-electron chi connectivity index (χ2n) is 3.87. The van der Waals surface area contributed by atoms with E-state index in [-0.39, 0.29) is 6.42 Å². The Morgan fingerprint density at radius 2 is 2.00 bits per heavy atom. The number of nitrogens with one attached hydrogen (secondary N) is 1. The molecule has 1 heterocycles. The van der Waals surface area contributed by atoms with Crippen molar-refractivity contribution >= 4 is 11.5 Å². The van der Waals surface area contributed by atoms with Crippen LogP contribution in [-0.2, 0) is 0 Å². The summed E-state index contributed by atoms with van der Waals surface area (Å²) in [7, 11) is 0. The molecule has 3 nitrogen and oxygen atoms in total. The number of halogens is 3. The Morgan fingerprint density at radius 3 is 2.59 bits per heavy atom. The van der Waals surface area contributed by atoms with Crippen LogP contribution in [0.15, 0.2) is 12.1 Å². The van der Waals surface area contributed by atoms with Crippen molar-refractivity contribution in [3.8, 4) is 0 Å². The highest BCUT2D eigenvalue weighted by molar-refractivity contribution is 5.48. The fourth-order valence-electron chi connectivity index (χ4n) is 1.34. The van der Waals surface area contributed by atoms with Gasteiger partial charge in [0.15, 0.2) is 0 Å². The predicted octanol–water partition coefficient (Wildman–Crippen LogP) is 3.12. The van der Waals surface area contributed by atoms with Crippen LogP contribution in [0.4, 0.5) is 24.7 Å². The zero-order valence-electron chi connectivity index (χ0n) is 9.64. The molecule has 0 aliphatic carbocycles. The van der Waals surface area contributed by atoms with Gasteiger partial charge in [0.25, 0.3) is 0 Å². The third-order valence-corrected chi connectivity index (χ3v) is 2.32. The van der Waals surface area contributed by atoms with E-state index in [4.69, 9.17) is 5.73 Å². The largest absolute Gasteiger partial charge is 0.397 e. The van der Waals surface area contributed by atoms with Gasteiger partial charge in [0.2, 0.25) is 0 Å². The van der Waals surface area contributed by atoms with Crippen LogP contribution in [0.25, 0.3) is 0 Å². The molecule has 1 rings (SSSR count). The van der Waals surface area contributed by atoms with Gasteiger partial charge >= 0.3 is 6.18 Å². The van der Waals surface area contributed by atoms with Crippen LogP contribution < -0.4 is 11.1 Å². The first-order chi connectivity index (χ1) is 7.88. The van der Waals surface area contributed by atoms with E-state index in [1.807, 2.05) is 0 Å². The van der Waals surface area contributed by atoms with Gasteiger partial charge in [-0.3, -0.25) is 0 Å². The van der Waals surface area contributed by atoms with Gasteiger partial charge in [-0.05, 0) is 31.9 Å². The summed E-state index contributed by atoms with van der Waals surface area (Å²) in [4.78, 5) is 4.16. The summed E-state index contributed by atoms with van der Waals surface area (Å²) in [6.07, 6.45) is -4.20. The lowest BCUT2D eigenvalue weighted by molar-refractivity contribution is -0.135. The molecule has 0 saturated carbocycles. The van der Waals surface area contributed by atoms with Crippen molar-refractivity contribution in [2.45, 2.75) is 32.4 Å². The molecule has 0 radical (unpaired) electrons. The van der Waals surface area contributed by atoms with Gasteiger partial charge in [0, 0.05) is 13.0 Å². The Hall–Kier alpha value is -1.46. The molecule has 0 aliphatic rings. The second kappa shape index (κ2) is 5.75. The van der Waals surface area contributed by atoms with Crippen molar-refractivity contribution in [1.82, 2.24) is 4.98 Å². The van der Waals surface area contributed by atoms with Crippen molar-refractivity contribution in [2.75, 3.05) is 17.6 Å². The minimum absolute atomic E-state index is 0.129. The molecule has 0 spiro atoms. The zero-order chi connectivity index (χ0) is 12.9. The topological polar surface area (TPSA) is 50.9 Å². The number of hydrogen-bond donors (Lipinski definition) is 2. The normalized spacial score (nSPS) is 11.5. The minimum Gasteiger partial charge on any atom is -0.397 e. The van der Waals surface area contributed by atoms with Crippen LogP contribution in [0.1, 0.15) is 25.0 Å². The van der Waals surface area contributed by atoms with Gasteiger partial charge in [-0.2, -0.15) is 13.2 Å². The quantitative estimate of drug-likeness (QED) is 0.786. The van der Waals surface area contributed by atoms with Crippen LogP contribution in [0.5, 0.6) is 0 Å². The van der Waals surface area contributed by atoms with Crippen molar-refractivity contribution in [3.05, 3.63) is 17.8 Å². The number of aromatic nitrogens is 1. The molecular formula is C11H16F3N3. The maximum Gasteiger partial charge on any atom is 0.389 e.